The van der Waals surface area contributed by atoms with Crippen LogP contribution in [0.25, 0.3) is 0 Å². The van der Waals surface area contributed by atoms with Crippen molar-refractivity contribution in [3.8, 4) is 0 Å². The van der Waals surface area contributed by atoms with Crippen LogP contribution in [0.3, 0.4) is 0 Å². The van der Waals surface area contributed by atoms with Gasteiger partial charge < -0.3 is 5.32 Å². The molecule has 1 heterocycles. The smallest absolute Gasteiger partial charge is 0.124 e. The average molecular weight is 312 g/mol. The summed E-state index contributed by atoms with van der Waals surface area (Å²) in [5, 5.41) is 7.65. The highest BCUT2D eigenvalue weighted by Crippen LogP contribution is 2.27. The van der Waals surface area contributed by atoms with Crippen LogP contribution in [0.2, 0.25) is 0 Å². The summed E-state index contributed by atoms with van der Waals surface area (Å²) in [6.07, 6.45) is 1.93. The predicted molar refractivity (Wildman–Crippen MR) is 74.1 cm³/mol. The van der Waals surface area contributed by atoms with E-state index in [0.717, 1.165) is 21.4 Å². The first kappa shape index (κ1) is 13.1. The summed E-state index contributed by atoms with van der Waals surface area (Å²) >= 11 is 3.38. The lowest BCUT2D eigenvalue weighted by molar-refractivity contribution is 0.625. The van der Waals surface area contributed by atoms with Gasteiger partial charge in [0.1, 0.15) is 5.82 Å². The normalized spacial score (nSPS) is 12.5. The van der Waals surface area contributed by atoms with Gasteiger partial charge in [-0.3, -0.25) is 4.68 Å². The Morgan fingerprint density at radius 3 is 2.72 bits per heavy atom. The molecular weight excluding hydrogens is 297 g/mol. The van der Waals surface area contributed by atoms with E-state index < -0.39 is 0 Å². The van der Waals surface area contributed by atoms with Gasteiger partial charge in [0.2, 0.25) is 0 Å². The molecule has 1 atom stereocenters. The maximum Gasteiger partial charge on any atom is 0.124 e. The summed E-state index contributed by atoms with van der Waals surface area (Å²) in [5.74, 6) is -0.240. The molecule has 5 heteroatoms. The van der Waals surface area contributed by atoms with Crippen LogP contribution in [-0.2, 0) is 7.05 Å². The fourth-order valence-corrected chi connectivity index (χ4v) is 2.60. The molecule has 0 saturated carbocycles. The minimum absolute atomic E-state index is 0.0721. The van der Waals surface area contributed by atoms with E-state index in [1.807, 2.05) is 27.1 Å². The summed E-state index contributed by atoms with van der Waals surface area (Å²) in [5.41, 5.74) is 2.95. The minimum atomic E-state index is -0.240. The van der Waals surface area contributed by atoms with Crippen molar-refractivity contribution in [2.75, 3.05) is 5.32 Å². The minimum Gasteiger partial charge on any atom is -0.376 e. The number of nitrogens with one attached hydrogen (secondary N) is 1. The fraction of sp³-hybridized carbons (Fsp3) is 0.308. The van der Waals surface area contributed by atoms with Crippen LogP contribution in [-0.4, -0.2) is 9.78 Å². The Morgan fingerprint density at radius 1 is 1.44 bits per heavy atom. The molecule has 0 fully saturated rings. The zero-order chi connectivity index (χ0) is 13.3. The fourth-order valence-electron chi connectivity index (χ4n) is 1.90. The third kappa shape index (κ3) is 2.72. The van der Waals surface area contributed by atoms with Crippen molar-refractivity contribution in [1.82, 2.24) is 9.78 Å². The standard InChI is InChI=1S/C13H15BrFN3/c1-8(11-5-4-10(15)6-12(11)14)16-13-7-18(3)17-9(13)2/h4-8,16H,1-3H3. The average Bonchev–Trinajstić information content (AvgIpc) is 2.57. The van der Waals surface area contributed by atoms with Crippen molar-refractivity contribution in [3.63, 3.8) is 0 Å². The number of hydrogen-bond donors (Lipinski definition) is 1. The van der Waals surface area contributed by atoms with Crippen molar-refractivity contribution in [1.29, 1.82) is 0 Å². The third-order valence-corrected chi connectivity index (χ3v) is 3.50. The molecule has 0 aliphatic rings. The highest BCUT2D eigenvalue weighted by Gasteiger charge is 2.12. The van der Waals surface area contributed by atoms with Crippen LogP contribution < -0.4 is 5.32 Å². The largest absolute Gasteiger partial charge is 0.376 e. The summed E-state index contributed by atoms with van der Waals surface area (Å²) in [6, 6.07) is 4.80. The van der Waals surface area contributed by atoms with Crippen LogP contribution >= 0.6 is 15.9 Å². The first-order valence-corrected chi connectivity index (χ1v) is 6.48. The van der Waals surface area contributed by atoms with Crippen LogP contribution in [0, 0.1) is 12.7 Å². The molecule has 0 bridgehead atoms. The van der Waals surface area contributed by atoms with Gasteiger partial charge in [0.05, 0.1) is 11.4 Å². The Kier molecular flexibility index (Phi) is 3.71. The molecule has 0 saturated heterocycles. The van der Waals surface area contributed by atoms with Crippen molar-refractivity contribution in [2.45, 2.75) is 19.9 Å². The number of rotatable bonds is 3. The molecule has 1 aromatic carbocycles. The van der Waals surface area contributed by atoms with Crippen molar-refractivity contribution < 1.29 is 4.39 Å². The Bertz CT molecular complexity index is 565. The number of benzene rings is 1. The number of aryl methyl sites for hydroxylation is 2. The molecule has 2 aromatic rings. The van der Waals surface area contributed by atoms with E-state index in [9.17, 15) is 4.39 Å². The number of nitrogens with zero attached hydrogens (tertiary/aromatic N) is 2. The van der Waals surface area contributed by atoms with Crippen LogP contribution in [0.15, 0.2) is 28.9 Å². The van der Waals surface area contributed by atoms with Gasteiger partial charge in [-0.05, 0) is 31.5 Å². The molecule has 2 rings (SSSR count). The molecule has 1 N–H and O–H groups in total. The van der Waals surface area contributed by atoms with Crippen LogP contribution in [0.5, 0.6) is 0 Å². The SMILES string of the molecule is Cc1nn(C)cc1NC(C)c1ccc(F)cc1Br. The number of aromatic nitrogens is 2. The van der Waals surface area contributed by atoms with E-state index in [4.69, 9.17) is 0 Å². The van der Waals surface area contributed by atoms with Crippen molar-refractivity contribution in [2.24, 2.45) is 7.05 Å². The quantitative estimate of drug-likeness (QED) is 0.934. The Morgan fingerprint density at radius 2 is 2.17 bits per heavy atom. The zero-order valence-corrected chi connectivity index (χ0v) is 12.1. The van der Waals surface area contributed by atoms with Gasteiger partial charge in [-0.25, -0.2) is 4.39 Å². The molecule has 0 spiro atoms. The van der Waals surface area contributed by atoms with E-state index in [-0.39, 0.29) is 11.9 Å². The summed E-state index contributed by atoms with van der Waals surface area (Å²) < 4.78 is 15.6. The first-order valence-electron chi connectivity index (χ1n) is 5.69. The van der Waals surface area contributed by atoms with Crippen molar-refractivity contribution in [3.05, 3.63) is 45.9 Å². The number of anilines is 1. The van der Waals surface area contributed by atoms with Gasteiger partial charge in [0, 0.05) is 23.8 Å². The van der Waals surface area contributed by atoms with E-state index in [1.54, 1.807) is 10.7 Å². The number of hydrogen-bond acceptors (Lipinski definition) is 2. The first-order chi connectivity index (χ1) is 8.47. The van der Waals surface area contributed by atoms with E-state index in [2.05, 4.69) is 26.3 Å². The highest BCUT2D eigenvalue weighted by molar-refractivity contribution is 9.10. The van der Waals surface area contributed by atoms with Crippen molar-refractivity contribution >= 4 is 21.6 Å². The third-order valence-electron chi connectivity index (χ3n) is 2.81. The number of halogens is 2. The Balaban J connectivity index is 2.21. The second kappa shape index (κ2) is 5.10. The predicted octanol–water partition coefficient (Wildman–Crippen LogP) is 3.80. The lowest BCUT2D eigenvalue weighted by Gasteiger charge is -2.16. The molecule has 0 radical (unpaired) electrons. The summed E-state index contributed by atoms with van der Waals surface area (Å²) in [6.45, 7) is 3.99. The molecule has 18 heavy (non-hydrogen) atoms. The second-order valence-electron chi connectivity index (χ2n) is 4.33. The van der Waals surface area contributed by atoms with Crippen LogP contribution in [0.1, 0.15) is 24.2 Å². The van der Waals surface area contributed by atoms with Gasteiger partial charge in [-0.1, -0.05) is 22.0 Å². The molecule has 0 aliphatic carbocycles. The van der Waals surface area contributed by atoms with Gasteiger partial charge in [-0.2, -0.15) is 5.10 Å². The molecule has 0 aliphatic heterocycles. The lowest BCUT2D eigenvalue weighted by Crippen LogP contribution is -2.07. The Labute approximate surface area is 114 Å². The van der Waals surface area contributed by atoms with E-state index >= 15 is 0 Å². The maximum atomic E-state index is 13.0. The zero-order valence-electron chi connectivity index (χ0n) is 10.5. The summed E-state index contributed by atoms with van der Waals surface area (Å²) in [4.78, 5) is 0. The monoisotopic (exact) mass is 311 g/mol. The molecule has 1 aromatic heterocycles. The lowest BCUT2D eigenvalue weighted by atomic mass is 10.1. The maximum absolute atomic E-state index is 13.0. The summed E-state index contributed by atoms with van der Waals surface area (Å²) in [7, 11) is 1.89. The molecule has 3 nitrogen and oxygen atoms in total. The van der Waals surface area contributed by atoms with Gasteiger partial charge >= 0.3 is 0 Å². The second-order valence-corrected chi connectivity index (χ2v) is 5.19. The Hall–Kier alpha value is -1.36. The van der Waals surface area contributed by atoms with Crippen LogP contribution in [0.4, 0.5) is 10.1 Å². The highest BCUT2D eigenvalue weighted by atomic mass is 79.9. The van der Waals surface area contributed by atoms with Gasteiger partial charge in [0.15, 0.2) is 0 Å². The van der Waals surface area contributed by atoms with E-state index in [1.165, 1.54) is 12.1 Å². The van der Waals surface area contributed by atoms with E-state index in [0.29, 0.717) is 0 Å². The van der Waals surface area contributed by atoms with Gasteiger partial charge in [-0.15, -0.1) is 0 Å². The topological polar surface area (TPSA) is 29.9 Å². The molecule has 0 amide bonds. The molecule has 1 unspecified atom stereocenters. The molecule has 96 valence electrons. The van der Waals surface area contributed by atoms with Gasteiger partial charge in [0.25, 0.3) is 0 Å². The molecular formula is C13H15BrFN3.